The molecule has 1 amide bonds. The molecule has 1 saturated heterocycles. The monoisotopic (exact) mass is 202 g/mol. The molecular formula is C8H14N2O2S. The first-order valence-electron chi connectivity index (χ1n) is 4.28. The van der Waals surface area contributed by atoms with E-state index in [9.17, 15) is 9.59 Å². The maximum Gasteiger partial charge on any atom is 0.223 e. The molecule has 1 rings (SSSR count). The lowest BCUT2D eigenvalue weighted by Crippen LogP contribution is -2.31. The van der Waals surface area contributed by atoms with Gasteiger partial charge in [-0.2, -0.15) is 0 Å². The van der Waals surface area contributed by atoms with E-state index in [2.05, 4.69) is 0 Å². The van der Waals surface area contributed by atoms with Gasteiger partial charge in [-0.25, -0.2) is 0 Å². The van der Waals surface area contributed by atoms with Crippen LogP contribution >= 0.6 is 11.8 Å². The summed E-state index contributed by atoms with van der Waals surface area (Å²) in [6, 6.07) is 0. The number of carbonyl (C=O) groups excluding carboxylic acids is 2. The van der Waals surface area contributed by atoms with Gasteiger partial charge in [-0.1, -0.05) is 11.8 Å². The molecule has 1 unspecified atom stereocenters. The molecule has 1 atom stereocenters. The lowest BCUT2D eigenvalue weighted by atomic mass is 10.4. The van der Waals surface area contributed by atoms with Crippen LogP contribution in [0.25, 0.3) is 0 Å². The van der Waals surface area contributed by atoms with E-state index < -0.39 is 0 Å². The Morgan fingerprint density at radius 1 is 1.77 bits per heavy atom. The zero-order valence-electron chi connectivity index (χ0n) is 7.66. The highest BCUT2D eigenvalue weighted by Crippen LogP contribution is 2.23. The number of hydrogen-bond acceptors (Lipinski definition) is 4. The van der Waals surface area contributed by atoms with Crippen LogP contribution in [0.5, 0.6) is 0 Å². The molecule has 5 heteroatoms. The zero-order valence-corrected chi connectivity index (χ0v) is 8.47. The van der Waals surface area contributed by atoms with Gasteiger partial charge >= 0.3 is 0 Å². The molecule has 0 aromatic heterocycles. The Morgan fingerprint density at radius 3 is 3.00 bits per heavy atom. The largest absolute Gasteiger partial charge is 0.340 e. The first kappa shape index (κ1) is 10.5. The van der Waals surface area contributed by atoms with Gasteiger partial charge in [-0.15, -0.1) is 0 Å². The minimum atomic E-state index is 0.0763. The van der Waals surface area contributed by atoms with Crippen molar-refractivity contribution in [2.45, 2.75) is 18.6 Å². The third-order valence-corrected chi connectivity index (χ3v) is 2.89. The van der Waals surface area contributed by atoms with Gasteiger partial charge < -0.3 is 10.6 Å². The minimum Gasteiger partial charge on any atom is -0.340 e. The Bertz CT molecular complexity index is 220. The summed E-state index contributed by atoms with van der Waals surface area (Å²) in [4.78, 5) is 23.8. The molecule has 0 spiro atoms. The fourth-order valence-electron chi connectivity index (χ4n) is 1.42. The molecular weight excluding hydrogens is 188 g/mol. The van der Waals surface area contributed by atoms with Gasteiger partial charge in [0.1, 0.15) is 0 Å². The Kier molecular flexibility index (Phi) is 3.74. The van der Waals surface area contributed by atoms with Crippen molar-refractivity contribution in [1.29, 1.82) is 0 Å². The number of nitrogens with zero attached hydrogens (tertiary/aromatic N) is 1. The molecule has 13 heavy (non-hydrogen) atoms. The van der Waals surface area contributed by atoms with Crippen molar-refractivity contribution in [2.75, 3.05) is 19.6 Å². The molecule has 0 radical (unpaired) electrons. The van der Waals surface area contributed by atoms with Crippen molar-refractivity contribution in [1.82, 2.24) is 4.90 Å². The number of hydrogen-bond donors (Lipinski definition) is 1. The van der Waals surface area contributed by atoms with Crippen LogP contribution in [-0.2, 0) is 9.59 Å². The van der Waals surface area contributed by atoms with E-state index in [1.165, 1.54) is 18.7 Å². The summed E-state index contributed by atoms with van der Waals surface area (Å²) < 4.78 is 0. The second-order valence-electron chi connectivity index (χ2n) is 3.06. The van der Waals surface area contributed by atoms with E-state index in [0.29, 0.717) is 26.1 Å². The van der Waals surface area contributed by atoms with Gasteiger partial charge in [0.05, 0.1) is 0 Å². The number of nitrogens with two attached hydrogens (primary N) is 1. The van der Waals surface area contributed by atoms with Crippen molar-refractivity contribution in [2.24, 2.45) is 5.73 Å². The molecule has 2 N–H and O–H groups in total. The predicted octanol–water partition coefficient (Wildman–Crippen LogP) is -0.174. The number of thioether (sulfide) groups is 1. The number of likely N-dealkylation sites (tertiary alicyclic amines) is 1. The van der Waals surface area contributed by atoms with E-state index in [4.69, 9.17) is 5.73 Å². The fraction of sp³-hybridized carbons (Fsp3) is 0.750. The zero-order chi connectivity index (χ0) is 9.84. The smallest absolute Gasteiger partial charge is 0.223 e. The van der Waals surface area contributed by atoms with Crippen LogP contribution in [0.2, 0.25) is 0 Å². The summed E-state index contributed by atoms with van der Waals surface area (Å²) >= 11 is 1.25. The van der Waals surface area contributed by atoms with Crippen LogP contribution < -0.4 is 5.73 Å². The summed E-state index contributed by atoms with van der Waals surface area (Å²) in [6.07, 6.45) is 0.476. The predicted molar refractivity (Wildman–Crippen MR) is 52.3 cm³/mol. The highest BCUT2D eigenvalue weighted by molar-refractivity contribution is 8.14. The Labute approximate surface area is 81.8 Å². The van der Waals surface area contributed by atoms with Gasteiger partial charge in [0, 0.05) is 38.2 Å². The minimum absolute atomic E-state index is 0.0763. The van der Waals surface area contributed by atoms with Gasteiger partial charge in [0.2, 0.25) is 5.91 Å². The van der Waals surface area contributed by atoms with E-state index >= 15 is 0 Å². The van der Waals surface area contributed by atoms with Gasteiger partial charge in [-0.3, -0.25) is 9.59 Å². The highest BCUT2D eigenvalue weighted by Gasteiger charge is 2.29. The van der Waals surface area contributed by atoms with Crippen molar-refractivity contribution in [3.63, 3.8) is 0 Å². The first-order valence-corrected chi connectivity index (χ1v) is 5.16. The van der Waals surface area contributed by atoms with Crippen molar-refractivity contribution in [3.05, 3.63) is 0 Å². The molecule has 0 aliphatic carbocycles. The van der Waals surface area contributed by atoms with Gasteiger partial charge in [0.15, 0.2) is 5.12 Å². The first-order chi connectivity index (χ1) is 6.13. The quantitative estimate of drug-likeness (QED) is 0.690. The average molecular weight is 202 g/mol. The lowest BCUT2D eigenvalue weighted by Gasteiger charge is -2.14. The van der Waals surface area contributed by atoms with Crippen LogP contribution in [-0.4, -0.2) is 40.8 Å². The normalized spacial score (nSPS) is 22.5. The molecule has 0 aromatic rings. The number of rotatable bonds is 3. The molecule has 0 bridgehead atoms. The van der Waals surface area contributed by atoms with E-state index in [1.807, 2.05) is 0 Å². The number of carbonyl (C=O) groups is 2. The Balaban J connectivity index is 2.40. The second kappa shape index (κ2) is 4.62. The summed E-state index contributed by atoms with van der Waals surface area (Å²) in [5, 5.41) is 0.212. The van der Waals surface area contributed by atoms with Gasteiger partial charge in [-0.05, 0) is 0 Å². The van der Waals surface area contributed by atoms with E-state index in [0.717, 1.165) is 0 Å². The standard InChI is InChI=1S/C8H14N2O2S/c1-6(11)13-7-4-8(12)10(5-7)3-2-9/h7H,2-5,9H2,1H3. The maximum absolute atomic E-state index is 11.3. The van der Waals surface area contributed by atoms with Crippen LogP contribution in [0, 0.1) is 0 Å². The van der Waals surface area contributed by atoms with E-state index in [1.54, 1.807) is 4.90 Å². The van der Waals surface area contributed by atoms with E-state index in [-0.39, 0.29) is 16.3 Å². The molecule has 0 aromatic carbocycles. The SMILES string of the molecule is CC(=O)SC1CC(=O)N(CCN)C1. The molecule has 0 saturated carbocycles. The third-order valence-electron chi connectivity index (χ3n) is 1.91. The lowest BCUT2D eigenvalue weighted by molar-refractivity contribution is -0.127. The van der Waals surface area contributed by atoms with Crippen LogP contribution in [0.4, 0.5) is 0 Å². The van der Waals surface area contributed by atoms with Gasteiger partial charge in [0.25, 0.3) is 0 Å². The molecule has 1 heterocycles. The molecule has 74 valence electrons. The summed E-state index contributed by atoms with van der Waals surface area (Å²) in [7, 11) is 0. The molecule has 4 nitrogen and oxygen atoms in total. The fourth-order valence-corrected chi connectivity index (χ4v) is 2.37. The Morgan fingerprint density at radius 2 is 2.46 bits per heavy atom. The maximum atomic E-state index is 11.3. The Hall–Kier alpha value is -0.550. The average Bonchev–Trinajstić information content (AvgIpc) is 2.31. The van der Waals surface area contributed by atoms with Crippen LogP contribution in [0.15, 0.2) is 0 Å². The number of amides is 1. The topological polar surface area (TPSA) is 63.4 Å². The third kappa shape index (κ3) is 3.00. The summed E-state index contributed by atoms with van der Waals surface area (Å²) in [5.74, 6) is 0.115. The molecule has 1 aliphatic heterocycles. The highest BCUT2D eigenvalue weighted by atomic mass is 32.2. The second-order valence-corrected chi connectivity index (χ2v) is 4.54. The van der Waals surface area contributed by atoms with Crippen LogP contribution in [0.3, 0.4) is 0 Å². The summed E-state index contributed by atoms with van der Waals surface area (Å²) in [6.45, 7) is 3.29. The van der Waals surface area contributed by atoms with Crippen LogP contribution in [0.1, 0.15) is 13.3 Å². The van der Waals surface area contributed by atoms with Crippen molar-refractivity contribution >= 4 is 22.8 Å². The van der Waals surface area contributed by atoms with Crippen molar-refractivity contribution < 1.29 is 9.59 Å². The van der Waals surface area contributed by atoms with Crippen molar-refractivity contribution in [3.8, 4) is 0 Å². The molecule has 1 aliphatic rings. The molecule has 1 fully saturated rings. The summed E-state index contributed by atoms with van der Waals surface area (Å²) in [5.41, 5.74) is 5.35.